The number of hydrogen-bond acceptors (Lipinski definition) is 2. The van der Waals surface area contributed by atoms with Gasteiger partial charge in [0, 0.05) is 26.4 Å². The Hall–Kier alpha value is 1.27. The molecule has 0 aromatic heterocycles. The van der Waals surface area contributed by atoms with Gasteiger partial charge >= 0.3 is 23.1 Å². The summed E-state index contributed by atoms with van der Waals surface area (Å²) in [6, 6.07) is 0. The fourth-order valence-corrected chi connectivity index (χ4v) is 1.02. The fourth-order valence-electron chi connectivity index (χ4n) is 1.02. The van der Waals surface area contributed by atoms with E-state index < -0.39 is 0 Å². The van der Waals surface area contributed by atoms with E-state index in [1.165, 1.54) is 25.7 Å². The smallest absolute Gasteiger partial charge is 1.00 e. The molecule has 0 atom stereocenters. The van der Waals surface area contributed by atoms with Crippen LogP contribution in [0.1, 0.15) is 25.7 Å². The van der Waals surface area contributed by atoms with E-state index in [1.807, 2.05) is 0 Å². The first-order chi connectivity index (χ1) is 5.00. The molecular weight excluding hydrogens is 223 g/mol. The van der Waals surface area contributed by atoms with Gasteiger partial charge in [0.2, 0.25) is 0 Å². The van der Waals surface area contributed by atoms with Gasteiger partial charge in [0.05, 0.1) is 0 Å². The molecule has 0 saturated carbocycles. The standard InChI is InChI=1S/2C4H8O.2ClH.Mg/c2*1-2-4-5-3-1;;;/h2*1-4H2;2*1H;/q;;;;+2/p-2. The zero-order valence-corrected chi connectivity index (χ0v) is 10.9. The van der Waals surface area contributed by atoms with Crippen molar-refractivity contribution in [2.24, 2.45) is 0 Å². The summed E-state index contributed by atoms with van der Waals surface area (Å²) in [6.45, 7) is 4.00. The molecule has 0 unspecified atom stereocenters. The molecule has 2 heterocycles. The predicted molar refractivity (Wildman–Crippen MR) is 45.9 cm³/mol. The topological polar surface area (TPSA) is 18.5 Å². The molecule has 5 heteroatoms. The van der Waals surface area contributed by atoms with Gasteiger partial charge in [-0.05, 0) is 25.7 Å². The van der Waals surface area contributed by atoms with Crippen molar-refractivity contribution < 1.29 is 34.3 Å². The zero-order valence-electron chi connectivity index (χ0n) is 7.94. The molecule has 0 aliphatic carbocycles. The molecule has 2 saturated heterocycles. The van der Waals surface area contributed by atoms with E-state index in [0.29, 0.717) is 0 Å². The summed E-state index contributed by atoms with van der Waals surface area (Å²) in [6.07, 6.45) is 5.11. The van der Waals surface area contributed by atoms with E-state index in [2.05, 4.69) is 0 Å². The van der Waals surface area contributed by atoms with Crippen molar-refractivity contribution in [2.45, 2.75) is 25.7 Å². The number of halogens is 2. The Balaban J connectivity index is -0.000000125. The van der Waals surface area contributed by atoms with Crippen LogP contribution >= 0.6 is 0 Å². The second kappa shape index (κ2) is 15.7. The van der Waals surface area contributed by atoms with Crippen LogP contribution in [0.2, 0.25) is 0 Å². The summed E-state index contributed by atoms with van der Waals surface area (Å²) in [5.41, 5.74) is 0. The fraction of sp³-hybridized carbons (Fsp3) is 1.00. The van der Waals surface area contributed by atoms with Crippen molar-refractivity contribution in [2.75, 3.05) is 26.4 Å². The van der Waals surface area contributed by atoms with Crippen LogP contribution in [0.4, 0.5) is 0 Å². The Morgan fingerprint density at radius 2 is 0.769 bits per heavy atom. The van der Waals surface area contributed by atoms with Crippen LogP contribution < -0.4 is 24.8 Å². The van der Waals surface area contributed by atoms with Gasteiger partial charge < -0.3 is 34.3 Å². The van der Waals surface area contributed by atoms with E-state index in [4.69, 9.17) is 9.47 Å². The third-order valence-electron chi connectivity index (χ3n) is 1.65. The molecule has 2 rings (SSSR count). The van der Waals surface area contributed by atoms with E-state index in [1.54, 1.807) is 0 Å². The maximum absolute atomic E-state index is 4.94. The second-order valence-electron chi connectivity index (χ2n) is 2.64. The van der Waals surface area contributed by atoms with Crippen LogP contribution in [-0.2, 0) is 9.47 Å². The molecule has 0 radical (unpaired) electrons. The van der Waals surface area contributed by atoms with Crippen molar-refractivity contribution in [3.63, 3.8) is 0 Å². The molecule has 13 heavy (non-hydrogen) atoms. The third-order valence-corrected chi connectivity index (χ3v) is 1.65. The Morgan fingerprint density at radius 1 is 0.538 bits per heavy atom. The van der Waals surface area contributed by atoms with Gasteiger partial charge in [0.25, 0.3) is 0 Å². The van der Waals surface area contributed by atoms with Crippen molar-refractivity contribution in [3.05, 3.63) is 0 Å². The van der Waals surface area contributed by atoms with Crippen molar-refractivity contribution in [1.29, 1.82) is 0 Å². The monoisotopic (exact) mass is 238 g/mol. The number of rotatable bonds is 0. The minimum Gasteiger partial charge on any atom is -1.00 e. The van der Waals surface area contributed by atoms with Gasteiger partial charge in [-0.3, -0.25) is 0 Å². The van der Waals surface area contributed by atoms with Crippen LogP contribution in [0.25, 0.3) is 0 Å². The van der Waals surface area contributed by atoms with Crippen molar-refractivity contribution >= 4 is 23.1 Å². The molecule has 2 fully saturated rings. The first kappa shape index (κ1) is 19.8. The van der Waals surface area contributed by atoms with Gasteiger partial charge in [0.15, 0.2) is 0 Å². The molecule has 0 aromatic rings. The van der Waals surface area contributed by atoms with Crippen molar-refractivity contribution in [3.8, 4) is 0 Å². The maximum atomic E-state index is 4.94. The first-order valence-electron chi connectivity index (χ1n) is 4.15. The summed E-state index contributed by atoms with van der Waals surface area (Å²) in [5, 5.41) is 0. The SMILES string of the molecule is C1CCOC1.C1CCOC1.[Cl-].[Cl-].[Mg+2]. The van der Waals surface area contributed by atoms with Gasteiger partial charge in [-0.2, -0.15) is 0 Å². The first-order valence-corrected chi connectivity index (χ1v) is 4.15. The van der Waals surface area contributed by atoms with Crippen LogP contribution in [-0.4, -0.2) is 49.5 Å². The molecule has 0 aromatic carbocycles. The van der Waals surface area contributed by atoms with Crippen LogP contribution in [0.3, 0.4) is 0 Å². The number of ether oxygens (including phenoxy) is 2. The van der Waals surface area contributed by atoms with Crippen LogP contribution in [0, 0.1) is 0 Å². The van der Waals surface area contributed by atoms with E-state index in [9.17, 15) is 0 Å². The molecule has 0 N–H and O–H groups in total. The van der Waals surface area contributed by atoms with Crippen molar-refractivity contribution in [1.82, 2.24) is 0 Å². The number of hydrogen-bond donors (Lipinski definition) is 0. The van der Waals surface area contributed by atoms with Gasteiger partial charge in [-0.15, -0.1) is 0 Å². The third kappa shape index (κ3) is 13.3. The average molecular weight is 239 g/mol. The van der Waals surface area contributed by atoms with Gasteiger partial charge in [-0.25, -0.2) is 0 Å². The molecule has 0 bridgehead atoms. The largest absolute Gasteiger partial charge is 2.00 e. The van der Waals surface area contributed by atoms with E-state index in [-0.39, 0.29) is 47.9 Å². The average Bonchev–Trinajstić information content (AvgIpc) is 2.67. The summed E-state index contributed by atoms with van der Waals surface area (Å²) < 4.78 is 9.89. The summed E-state index contributed by atoms with van der Waals surface area (Å²) >= 11 is 0. The molecule has 0 amide bonds. The summed E-state index contributed by atoms with van der Waals surface area (Å²) in [4.78, 5) is 0. The van der Waals surface area contributed by atoms with E-state index >= 15 is 0 Å². The zero-order chi connectivity index (χ0) is 7.07. The van der Waals surface area contributed by atoms with Gasteiger partial charge in [0.1, 0.15) is 0 Å². The predicted octanol–water partition coefficient (Wildman–Crippen LogP) is -4.78. The molecule has 0 spiro atoms. The molecular formula is C8H16Cl2MgO2. The normalized spacial score (nSPS) is 18.5. The molecule has 2 aliphatic heterocycles. The Morgan fingerprint density at radius 3 is 0.846 bits per heavy atom. The maximum Gasteiger partial charge on any atom is 2.00 e. The Kier molecular flexibility index (Phi) is 23.9. The van der Waals surface area contributed by atoms with E-state index in [0.717, 1.165) is 26.4 Å². The second-order valence-corrected chi connectivity index (χ2v) is 2.64. The Labute approximate surface area is 109 Å². The minimum atomic E-state index is 0. The van der Waals surface area contributed by atoms with Gasteiger partial charge in [-0.1, -0.05) is 0 Å². The quantitative estimate of drug-likeness (QED) is 0.395. The van der Waals surface area contributed by atoms with Crippen LogP contribution in [0.5, 0.6) is 0 Å². The summed E-state index contributed by atoms with van der Waals surface area (Å²) in [7, 11) is 0. The molecule has 2 nitrogen and oxygen atoms in total. The molecule has 76 valence electrons. The Bertz CT molecular complexity index is 53.3. The summed E-state index contributed by atoms with van der Waals surface area (Å²) in [5.74, 6) is 0. The molecule has 2 aliphatic rings. The minimum absolute atomic E-state index is 0. The van der Waals surface area contributed by atoms with Crippen LogP contribution in [0.15, 0.2) is 0 Å².